The summed E-state index contributed by atoms with van der Waals surface area (Å²) in [5, 5.41) is 5.10. The van der Waals surface area contributed by atoms with Gasteiger partial charge in [0.2, 0.25) is 0 Å². The fourth-order valence-corrected chi connectivity index (χ4v) is 3.15. The lowest BCUT2D eigenvalue weighted by Gasteiger charge is -2.15. The van der Waals surface area contributed by atoms with Gasteiger partial charge in [0, 0.05) is 25.0 Å². The maximum atomic E-state index is 12.1. The van der Waals surface area contributed by atoms with Gasteiger partial charge in [-0.15, -0.1) is 0 Å². The van der Waals surface area contributed by atoms with Crippen LogP contribution >= 0.6 is 15.9 Å². The van der Waals surface area contributed by atoms with Gasteiger partial charge in [-0.2, -0.15) is 0 Å². The molecule has 1 unspecified atom stereocenters. The lowest BCUT2D eigenvalue weighted by molar-refractivity contribution is -0.123. The normalized spacial score (nSPS) is 12.1. The summed E-state index contributed by atoms with van der Waals surface area (Å²) in [6.45, 7) is 2.60. The molecule has 1 N–H and O–H groups in total. The number of hydrogen-bond acceptors (Lipinski definition) is 3. The number of halogens is 1. The molecule has 124 valence electrons. The Bertz CT molecular complexity index is 833. The summed E-state index contributed by atoms with van der Waals surface area (Å²) in [6, 6.07) is 11.9. The average molecular weight is 388 g/mol. The number of rotatable bonds is 6. The molecule has 1 amide bonds. The van der Waals surface area contributed by atoms with Crippen molar-refractivity contribution in [2.75, 3.05) is 6.61 Å². The van der Waals surface area contributed by atoms with Gasteiger partial charge in [0.15, 0.2) is 6.61 Å². The molecule has 1 atom stereocenters. The van der Waals surface area contributed by atoms with Gasteiger partial charge in [0.25, 0.3) is 5.91 Å². The summed E-state index contributed by atoms with van der Waals surface area (Å²) < 4.78 is 8.45. The van der Waals surface area contributed by atoms with Gasteiger partial charge >= 0.3 is 0 Å². The van der Waals surface area contributed by atoms with Crippen LogP contribution in [0.15, 0.2) is 59.6 Å². The van der Waals surface area contributed by atoms with E-state index in [2.05, 4.69) is 26.2 Å². The van der Waals surface area contributed by atoms with E-state index >= 15 is 0 Å². The zero-order valence-electron chi connectivity index (χ0n) is 13.3. The molecule has 0 radical (unpaired) electrons. The van der Waals surface area contributed by atoms with E-state index in [1.165, 1.54) is 0 Å². The number of amides is 1. The molecule has 1 heterocycles. The molecule has 1 aromatic heterocycles. The first-order valence-electron chi connectivity index (χ1n) is 7.68. The van der Waals surface area contributed by atoms with Crippen molar-refractivity contribution < 1.29 is 9.53 Å². The number of aromatic nitrogens is 2. The zero-order chi connectivity index (χ0) is 16.9. The van der Waals surface area contributed by atoms with Crippen LogP contribution in [-0.4, -0.2) is 28.1 Å². The maximum Gasteiger partial charge on any atom is 0.258 e. The van der Waals surface area contributed by atoms with Crippen LogP contribution in [0.25, 0.3) is 10.8 Å². The Morgan fingerprint density at radius 3 is 2.96 bits per heavy atom. The largest absolute Gasteiger partial charge is 0.483 e. The lowest BCUT2D eigenvalue weighted by Crippen LogP contribution is -2.38. The summed E-state index contributed by atoms with van der Waals surface area (Å²) >= 11 is 3.56. The minimum Gasteiger partial charge on any atom is -0.483 e. The second-order valence-corrected chi connectivity index (χ2v) is 6.41. The van der Waals surface area contributed by atoms with E-state index in [1.54, 1.807) is 12.5 Å². The number of ether oxygens (including phenoxy) is 1. The van der Waals surface area contributed by atoms with Gasteiger partial charge in [-0.25, -0.2) is 4.98 Å². The molecule has 0 saturated heterocycles. The van der Waals surface area contributed by atoms with Gasteiger partial charge in [0.1, 0.15) is 5.75 Å². The predicted molar refractivity (Wildman–Crippen MR) is 97.0 cm³/mol. The number of nitrogens with zero attached hydrogens (tertiary/aromatic N) is 2. The average Bonchev–Trinajstić information content (AvgIpc) is 3.07. The predicted octanol–water partition coefficient (Wildman–Crippen LogP) is 3.38. The molecule has 0 bridgehead atoms. The van der Waals surface area contributed by atoms with E-state index < -0.39 is 0 Å². The smallest absolute Gasteiger partial charge is 0.258 e. The molecule has 2 aromatic carbocycles. The van der Waals surface area contributed by atoms with E-state index in [0.717, 1.165) is 15.2 Å². The van der Waals surface area contributed by atoms with E-state index in [-0.39, 0.29) is 18.6 Å². The zero-order valence-corrected chi connectivity index (χ0v) is 14.9. The minimum atomic E-state index is -0.150. The summed E-state index contributed by atoms with van der Waals surface area (Å²) in [5.74, 6) is 0.508. The molecule has 0 fully saturated rings. The summed E-state index contributed by atoms with van der Waals surface area (Å²) in [5.41, 5.74) is 0. The van der Waals surface area contributed by atoms with Crippen LogP contribution in [0, 0.1) is 0 Å². The maximum absolute atomic E-state index is 12.1. The molecule has 24 heavy (non-hydrogen) atoms. The van der Waals surface area contributed by atoms with Crippen LogP contribution in [0.3, 0.4) is 0 Å². The van der Waals surface area contributed by atoms with Gasteiger partial charge in [-0.1, -0.05) is 30.3 Å². The molecule has 0 spiro atoms. The van der Waals surface area contributed by atoms with E-state index in [0.29, 0.717) is 12.3 Å². The third kappa shape index (κ3) is 3.94. The quantitative estimate of drug-likeness (QED) is 0.705. The van der Waals surface area contributed by atoms with Gasteiger partial charge < -0.3 is 14.6 Å². The molecule has 0 aliphatic carbocycles. The number of fused-ring (bicyclic) bond motifs is 1. The number of carbonyl (C=O) groups is 1. The van der Waals surface area contributed by atoms with E-state index in [1.807, 2.05) is 54.1 Å². The summed E-state index contributed by atoms with van der Waals surface area (Å²) in [4.78, 5) is 16.0. The second kappa shape index (κ2) is 7.49. The number of benzene rings is 2. The first-order valence-corrected chi connectivity index (χ1v) is 8.48. The third-order valence-corrected chi connectivity index (χ3v) is 4.46. The van der Waals surface area contributed by atoms with Crippen molar-refractivity contribution >= 4 is 32.6 Å². The van der Waals surface area contributed by atoms with Crippen LogP contribution in [0.1, 0.15) is 6.92 Å². The highest BCUT2D eigenvalue weighted by Crippen LogP contribution is 2.32. The van der Waals surface area contributed by atoms with Gasteiger partial charge in [-0.05, 0) is 39.7 Å². The highest BCUT2D eigenvalue weighted by atomic mass is 79.9. The Morgan fingerprint density at radius 1 is 1.33 bits per heavy atom. The van der Waals surface area contributed by atoms with E-state index in [4.69, 9.17) is 4.74 Å². The molecule has 0 aliphatic heterocycles. The fraction of sp³-hybridized carbons (Fsp3) is 0.222. The van der Waals surface area contributed by atoms with Crippen molar-refractivity contribution in [2.24, 2.45) is 0 Å². The van der Waals surface area contributed by atoms with Crippen LogP contribution in [0.4, 0.5) is 0 Å². The first kappa shape index (κ1) is 16.5. The highest BCUT2D eigenvalue weighted by Gasteiger charge is 2.11. The van der Waals surface area contributed by atoms with Crippen molar-refractivity contribution in [2.45, 2.75) is 19.5 Å². The van der Waals surface area contributed by atoms with Crippen molar-refractivity contribution in [3.05, 3.63) is 59.6 Å². The molecule has 3 rings (SSSR count). The fourth-order valence-electron chi connectivity index (χ4n) is 2.54. The van der Waals surface area contributed by atoms with Gasteiger partial charge in [-0.3, -0.25) is 4.79 Å². The summed E-state index contributed by atoms with van der Waals surface area (Å²) in [7, 11) is 0. The highest BCUT2D eigenvalue weighted by molar-refractivity contribution is 9.10. The standard InChI is InChI=1S/C18H18BrN3O2/c1-13(10-22-9-8-20-12-22)21-17(23)11-24-16-7-6-14-4-2-3-5-15(14)18(16)19/h2-9,12-13H,10-11H2,1H3,(H,21,23). The van der Waals surface area contributed by atoms with Crippen molar-refractivity contribution in [1.29, 1.82) is 0 Å². The molecule has 3 aromatic rings. The van der Waals surface area contributed by atoms with Crippen LogP contribution < -0.4 is 10.1 Å². The van der Waals surface area contributed by atoms with Crippen LogP contribution in [-0.2, 0) is 11.3 Å². The SMILES string of the molecule is CC(Cn1ccnc1)NC(=O)COc1ccc2ccccc2c1Br. The van der Waals surface area contributed by atoms with Crippen LogP contribution in [0.5, 0.6) is 5.75 Å². The number of hydrogen-bond donors (Lipinski definition) is 1. The molecular formula is C18H18BrN3O2. The number of nitrogens with one attached hydrogen (secondary N) is 1. The molecule has 0 aliphatic rings. The molecular weight excluding hydrogens is 370 g/mol. The minimum absolute atomic E-state index is 0.00431. The number of carbonyl (C=O) groups excluding carboxylic acids is 1. The molecule has 5 nitrogen and oxygen atoms in total. The van der Waals surface area contributed by atoms with Crippen molar-refractivity contribution in [3.63, 3.8) is 0 Å². The Hall–Kier alpha value is -2.34. The Kier molecular flexibility index (Phi) is 5.15. The van der Waals surface area contributed by atoms with Crippen LogP contribution in [0.2, 0.25) is 0 Å². The monoisotopic (exact) mass is 387 g/mol. The number of imidazole rings is 1. The Labute approximate surface area is 148 Å². The van der Waals surface area contributed by atoms with E-state index in [9.17, 15) is 4.79 Å². The summed E-state index contributed by atoms with van der Waals surface area (Å²) in [6.07, 6.45) is 5.31. The molecule has 0 saturated carbocycles. The Balaban J connectivity index is 1.57. The Morgan fingerprint density at radius 2 is 2.17 bits per heavy atom. The van der Waals surface area contributed by atoms with Gasteiger partial charge in [0.05, 0.1) is 10.8 Å². The second-order valence-electron chi connectivity index (χ2n) is 5.62. The first-order chi connectivity index (χ1) is 11.6. The van der Waals surface area contributed by atoms with Crippen molar-refractivity contribution in [3.8, 4) is 5.75 Å². The lowest BCUT2D eigenvalue weighted by atomic mass is 10.1. The topological polar surface area (TPSA) is 56.2 Å². The van der Waals surface area contributed by atoms with Crippen molar-refractivity contribution in [1.82, 2.24) is 14.9 Å². The molecule has 6 heteroatoms. The third-order valence-electron chi connectivity index (χ3n) is 3.64.